The summed E-state index contributed by atoms with van der Waals surface area (Å²) in [5, 5.41) is 4.83. The second-order valence-corrected chi connectivity index (χ2v) is 9.28. The maximum Gasteiger partial charge on any atom is 0.238 e. The van der Waals surface area contributed by atoms with Gasteiger partial charge >= 0.3 is 0 Å². The summed E-state index contributed by atoms with van der Waals surface area (Å²) in [5.41, 5.74) is 2.33. The fraction of sp³-hybridized carbons (Fsp3) is 0.286. The molecule has 2 N–H and O–H groups in total. The summed E-state index contributed by atoms with van der Waals surface area (Å²) in [6.07, 6.45) is 3.26. The monoisotopic (exact) mass is 401 g/mol. The van der Waals surface area contributed by atoms with Gasteiger partial charge in [-0.25, -0.2) is 22.9 Å². The van der Waals surface area contributed by atoms with Gasteiger partial charge in [0.05, 0.1) is 10.6 Å². The molecule has 1 saturated carbocycles. The van der Waals surface area contributed by atoms with E-state index in [1.165, 1.54) is 30.7 Å². The quantitative estimate of drug-likeness (QED) is 0.718. The van der Waals surface area contributed by atoms with Crippen LogP contribution in [0.5, 0.6) is 0 Å². The summed E-state index contributed by atoms with van der Waals surface area (Å²) >= 11 is 0. The highest BCUT2D eigenvalue weighted by Crippen LogP contribution is 2.58. The van der Waals surface area contributed by atoms with Crippen LogP contribution in [0.4, 0.5) is 4.39 Å². The Morgan fingerprint density at radius 3 is 2.29 bits per heavy atom. The number of imidazole rings is 1. The lowest BCUT2D eigenvalue weighted by Gasteiger charge is -2.00. The lowest BCUT2D eigenvalue weighted by molar-refractivity contribution is 0.598. The Morgan fingerprint density at radius 2 is 1.79 bits per heavy atom. The molecule has 2 aromatic carbocycles. The molecular weight excluding hydrogens is 377 g/mol. The molecule has 0 aliphatic heterocycles. The zero-order valence-corrected chi connectivity index (χ0v) is 16.9. The molecular formula is C21H24FN3O2S. The molecule has 3 aromatic rings. The predicted octanol–water partition coefficient (Wildman–Crippen LogP) is 4.07. The van der Waals surface area contributed by atoms with Crippen LogP contribution in [0.3, 0.4) is 0 Å². The zero-order chi connectivity index (χ0) is 20.5. The summed E-state index contributed by atoms with van der Waals surface area (Å²) < 4.78 is 36.5. The fourth-order valence-electron chi connectivity index (χ4n) is 3.14. The SMILES string of the molecule is Cn1cc(C2CC2(C)C)nc1-c1cccc(F)c1.NS(=O)(=O)c1ccccc1. The number of rotatable bonds is 3. The number of benzene rings is 2. The lowest BCUT2D eigenvalue weighted by Crippen LogP contribution is -2.11. The van der Waals surface area contributed by atoms with E-state index in [0.29, 0.717) is 11.3 Å². The van der Waals surface area contributed by atoms with Crippen LogP contribution in [0, 0.1) is 11.2 Å². The predicted molar refractivity (Wildman–Crippen MR) is 108 cm³/mol. The minimum absolute atomic E-state index is 0.148. The van der Waals surface area contributed by atoms with E-state index in [1.807, 2.05) is 17.7 Å². The van der Waals surface area contributed by atoms with Crippen molar-refractivity contribution in [2.45, 2.75) is 31.1 Å². The first-order valence-electron chi connectivity index (χ1n) is 8.95. The smallest absolute Gasteiger partial charge is 0.238 e. The molecule has 1 heterocycles. The minimum atomic E-state index is -3.50. The van der Waals surface area contributed by atoms with Crippen molar-refractivity contribution >= 4 is 10.0 Å². The molecule has 1 aliphatic rings. The molecule has 0 radical (unpaired) electrons. The zero-order valence-electron chi connectivity index (χ0n) is 16.1. The van der Waals surface area contributed by atoms with Crippen LogP contribution in [0.25, 0.3) is 11.4 Å². The molecule has 0 amide bonds. The Hall–Kier alpha value is -2.51. The standard InChI is InChI=1S/C15H17FN2.C6H7NO2S/c1-15(2)8-12(15)13-9-18(3)14(17-13)10-5-4-6-11(16)7-10;7-10(8,9)6-4-2-1-3-5-6/h4-7,9,12H,8H2,1-3H3;1-5H,(H2,7,8,9). The van der Waals surface area contributed by atoms with Crippen molar-refractivity contribution < 1.29 is 12.8 Å². The number of hydrogen-bond acceptors (Lipinski definition) is 3. The van der Waals surface area contributed by atoms with Gasteiger partial charge in [0.2, 0.25) is 10.0 Å². The van der Waals surface area contributed by atoms with Crippen molar-refractivity contribution in [3.05, 3.63) is 72.3 Å². The normalized spacial score (nSPS) is 17.5. The molecule has 0 saturated heterocycles. The largest absolute Gasteiger partial charge is 0.334 e. The molecule has 28 heavy (non-hydrogen) atoms. The van der Waals surface area contributed by atoms with Gasteiger partial charge in [-0.3, -0.25) is 0 Å². The van der Waals surface area contributed by atoms with Gasteiger partial charge in [-0.2, -0.15) is 0 Å². The van der Waals surface area contributed by atoms with Crippen LogP contribution < -0.4 is 5.14 Å². The molecule has 1 aromatic heterocycles. The fourth-order valence-corrected chi connectivity index (χ4v) is 3.67. The maximum absolute atomic E-state index is 13.2. The molecule has 4 rings (SSSR count). The second-order valence-electron chi connectivity index (χ2n) is 7.71. The van der Waals surface area contributed by atoms with Crippen LogP contribution in [-0.2, 0) is 17.1 Å². The Morgan fingerprint density at radius 1 is 1.14 bits per heavy atom. The van der Waals surface area contributed by atoms with Crippen molar-refractivity contribution in [1.29, 1.82) is 0 Å². The summed E-state index contributed by atoms with van der Waals surface area (Å²) in [7, 11) is -1.54. The summed E-state index contributed by atoms with van der Waals surface area (Å²) in [5.74, 6) is 1.17. The number of primary sulfonamides is 1. The summed E-state index contributed by atoms with van der Waals surface area (Å²) in [4.78, 5) is 4.82. The second kappa shape index (κ2) is 7.48. The molecule has 0 spiro atoms. The maximum atomic E-state index is 13.2. The first-order valence-corrected chi connectivity index (χ1v) is 10.5. The number of aryl methyl sites for hydroxylation is 1. The third-order valence-corrected chi connectivity index (χ3v) is 5.85. The molecule has 1 fully saturated rings. The van der Waals surface area contributed by atoms with Gasteiger partial charge in [-0.05, 0) is 36.1 Å². The number of nitrogens with two attached hydrogens (primary N) is 1. The highest BCUT2D eigenvalue weighted by atomic mass is 32.2. The van der Waals surface area contributed by atoms with E-state index in [4.69, 9.17) is 5.14 Å². The first kappa shape index (κ1) is 20.2. The Kier molecular flexibility index (Phi) is 5.41. The van der Waals surface area contributed by atoms with Crippen LogP contribution >= 0.6 is 0 Å². The first-order chi connectivity index (χ1) is 13.1. The minimum Gasteiger partial charge on any atom is -0.334 e. The van der Waals surface area contributed by atoms with Gasteiger partial charge in [0, 0.05) is 24.7 Å². The third kappa shape index (κ3) is 4.66. The average Bonchev–Trinajstić information content (AvgIpc) is 3.09. The van der Waals surface area contributed by atoms with E-state index in [2.05, 4.69) is 25.0 Å². The third-order valence-electron chi connectivity index (χ3n) is 4.92. The summed E-state index contributed by atoms with van der Waals surface area (Å²) in [6, 6.07) is 14.5. The number of nitrogens with zero attached hydrogens (tertiary/aromatic N) is 2. The molecule has 5 nitrogen and oxygen atoms in total. The average molecular weight is 402 g/mol. The van der Waals surface area contributed by atoms with E-state index in [1.54, 1.807) is 24.3 Å². The van der Waals surface area contributed by atoms with Crippen LogP contribution in [0.2, 0.25) is 0 Å². The Bertz CT molecular complexity index is 1080. The number of sulfonamides is 1. The van der Waals surface area contributed by atoms with Crippen molar-refractivity contribution in [2.75, 3.05) is 0 Å². The van der Waals surface area contributed by atoms with Gasteiger partial charge in [0.15, 0.2) is 0 Å². The molecule has 1 unspecified atom stereocenters. The summed E-state index contributed by atoms with van der Waals surface area (Å²) in [6.45, 7) is 4.52. The number of hydrogen-bond donors (Lipinski definition) is 1. The number of halogens is 1. The van der Waals surface area contributed by atoms with Crippen LogP contribution in [0.15, 0.2) is 65.7 Å². The Balaban J connectivity index is 0.000000192. The van der Waals surface area contributed by atoms with Gasteiger partial charge in [-0.15, -0.1) is 0 Å². The van der Waals surface area contributed by atoms with Crippen LogP contribution in [0.1, 0.15) is 31.9 Å². The van der Waals surface area contributed by atoms with E-state index in [9.17, 15) is 12.8 Å². The Labute approximate surface area is 165 Å². The van der Waals surface area contributed by atoms with Crippen molar-refractivity contribution in [2.24, 2.45) is 17.6 Å². The molecule has 1 atom stereocenters. The van der Waals surface area contributed by atoms with E-state index in [0.717, 1.165) is 17.1 Å². The highest BCUT2D eigenvalue weighted by molar-refractivity contribution is 7.89. The highest BCUT2D eigenvalue weighted by Gasteiger charge is 2.48. The van der Waals surface area contributed by atoms with E-state index in [-0.39, 0.29) is 10.7 Å². The molecule has 148 valence electrons. The van der Waals surface area contributed by atoms with Crippen molar-refractivity contribution in [1.82, 2.24) is 9.55 Å². The van der Waals surface area contributed by atoms with Gasteiger partial charge in [0.1, 0.15) is 11.6 Å². The molecule has 0 bridgehead atoms. The van der Waals surface area contributed by atoms with Crippen molar-refractivity contribution in [3.8, 4) is 11.4 Å². The van der Waals surface area contributed by atoms with Gasteiger partial charge in [0.25, 0.3) is 0 Å². The van der Waals surface area contributed by atoms with E-state index < -0.39 is 10.0 Å². The topological polar surface area (TPSA) is 78.0 Å². The number of aromatic nitrogens is 2. The van der Waals surface area contributed by atoms with Gasteiger partial charge in [-0.1, -0.05) is 44.2 Å². The van der Waals surface area contributed by atoms with Crippen molar-refractivity contribution in [3.63, 3.8) is 0 Å². The van der Waals surface area contributed by atoms with E-state index >= 15 is 0 Å². The van der Waals surface area contributed by atoms with Gasteiger partial charge < -0.3 is 4.57 Å². The molecule has 7 heteroatoms. The molecule has 1 aliphatic carbocycles. The van der Waals surface area contributed by atoms with Crippen LogP contribution in [-0.4, -0.2) is 18.0 Å². The lowest BCUT2D eigenvalue weighted by atomic mass is 10.1.